The summed E-state index contributed by atoms with van der Waals surface area (Å²) < 4.78 is 5.03. The first-order valence-corrected chi connectivity index (χ1v) is 6.97. The summed E-state index contributed by atoms with van der Waals surface area (Å²) in [6.45, 7) is 8.68. The number of pyridine rings is 1. The molecule has 0 saturated heterocycles. The molecule has 1 aromatic heterocycles. The third kappa shape index (κ3) is 4.89. The standard InChI is InChI=1S/C15H24N2O2/c1-5-11(3)10-12(4)17-14-13(8-7-9-16-14)15(18)19-6-2/h7-9,11-12H,5-6,10H2,1-4H3,(H,16,17). The maximum atomic E-state index is 11.8. The SMILES string of the molecule is CCOC(=O)c1cccnc1NC(C)CC(C)CC. The third-order valence-corrected chi connectivity index (χ3v) is 3.14. The molecule has 0 aromatic carbocycles. The number of hydrogen-bond acceptors (Lipinski definition) is 4. The molecule has 19 heavy (non-hydrogen) atoms. The molecule has 0 aliphatic rings. The van der Waals surface area contributed by atoms with Crippen molar-refractivity contribution < 1.29 is 9.53 Å². The minimum Gasteiger partial charge on any atom is -0.462 e. The number of ether oxygens (including phenoxy) is 1. The molecule has 0 aliphatic carbocycles. The summed E-state index contributed by atoms with van der Waals surface area (Å²) >= 11 is 0. The van der Waals surface area contributed by atoms with Crippen LogP contribution in [0.15, 0.2) is 18.3 Å². The predicted molar refractivity (Wildman–Crippen MR) is 77.4 cm³/mol. The van der Waals surface area contributed by atoms with Gasteiger partial charge in [0.15, 0.2) is 0 Å². The van der Waals surface area contributed by atoms with Crippen molar-refractivity contribution >= 4 is 11.8 Å². The summed E-state index contributed by atoms with van der Waals surface area (Å²) in [5.74, 6) is 0.933. The third-order valence-electron chi connectivity index (χ3n) is 3.14. The second-order valence-electron chi connectivity index (χ2n) is 4.91. The highest BCUT2D eigenvalue weighted by molar-refractivity contribution is 5.94. The molecule has 2 unspecified atom stereocenters. The monoisotopic (exact) mass is 264 g/mol. The van der Waals surface area contributed by atoms with E-state index < -0.39 is 0 Å². The molecule has 1 aromatic rings. The smallest absolute Gasteiger partial charge is 0.341 e. The maximum Gasteiger partial charge on any atom is 0.341 e. The van der Waals surface area contributed by atoms with Crippen LogP contribution < -0.4 is 5.32 Å². The molecule has 0 spiro atoms. The molecule has 0 bridgehead atoms. The van der Waals surface area contributed by atoms with E-state index in [1.54, 1.807) is 25.3 Å². The zero-order valence-electron chi connectivity index (χ0n) is 12.3. The summed E-state index contributed by atoms with van der Waals surface area (Å²) in [6, 6.07) is 3.76. The van der Waals surface area contributed by atoms with Gasteiger partial charge in [0.05, 0.1) is 6.61 Å². The molecule has 4 heteroatoms. The van der Waals surface area contributed by atoms with Gasteiger partial charge in [0, 0.05) is 12.2 Å². The van der Waals surface area contributed by atoms with Crippen molar-refractivity contribution in [3.8, 4) is 0 Å². The number of carbonyl (C=O) groups excluding carboxylic acids is 1. The van der Waals surface area contributed by atoms with Crippen molar-refractivity contribution in [1.82, 2.24) is 4.98 Å². The number of nitrogens with one attached hydrogen (secondary N) is 1. The topological polar surface area (TPSA) is 51.2 Å². The fraction of sp³-hybridized carbons (Fsp3) is 0.600. The Balaban J connectivity index is 2.75. The summed E-state index contributed by atoms with van der Waals surface area (Å²) in [5, 5.41) is 3.30. The Morgan fingerprint density at radius 2 is 2.16 bits per heavy atom. The number of nitrogens with zero attached hydrogens (tertiary/aromatic N) is 1. The number of hydrogen-bond donors (Lipinski definition) is 1. The van der Waals surface area contributed by atoms with Crippen molar-refractivity contribution in [3.05, 3.63) is 23.9 Å². The number of anilines is 1. The maximum absolute atomic E-state index is 11.8. The lowest BCUT2D eigenvalue weighted by molar-refractivity contribution is 0.0527. The van der Waals surface area contributed by atoms with E-state index in [4.69, 9.17) is 4.74 Å². The first-order valence-electron chi connectivity index (χ1n) is 6.97. The lowest BCUT2D eigenvalue weighted by Gasteiger charge is -2.19. The van der Waals surface area contributed by atoms with Gasteiger partial charge in [-0.15, -0.1) is 0 Å². The Kier molecular flexibility index (Phi) is 6.33. The number of carbonyl (C=O) groups is 1. The van der Waals surface area contributed by atoms with Crippen LogP contribution in [0.5, 0.6) is 0 Å². The summed E-state index contributed by atoms with van der Waals surface area (Å²) in [7, 11) is 0. The molecule has 0 saturated carbocycles. The van der Waals surface area contributed by atoms with Crippen LogP contribution in [0.2, 0.25) is 0 Å². The number of rotatable bonds is 7. The van der Waals surface area contributed by atoms with Gasteiger partial charge in [-0.2, -0.15) is 0 Å². The van der Waals surface area contributed by atoms with E-state index in [1.165, 1.54) is 0 Å². The van der Waals surface area contributed by atoms with Crippen molar-refractivity contribution in [2.75, 3.05) is 11.9 Å². The van der Waals surface area contributed by atoms with Gasteiger partial charge < -0.3 is 10.1 Å². The molecule has 0 fully saturated rings. The van der Waals surface area contributed by atoms with Crippen molar-refractivity contribution in [2.45, 2.75) is 46.6 Å². The average Bonchev–Trinajstić information content (AvgIpc) is 2.39. The minimum absolute atomic E-state index is 0.276. The van der Waals surface area contributed by atoms with E-state index in [1.807, 2.05) is 0 Å². The summed E-state index contributed by atoms with van der Waals surface area (Å²) in [4.78, 5) is 16.1. The van der Waals surface area contributed by atoms with Crippen LogP contribution in [0.3, 0.4) is 0 Å². The van der Waals surface area contributed by atoms with Gasteiger partial charge >= 0.3 is 5.97 Å². The minimum atomic E-state index is -0.325. The van der Waals surface area contributed by atoms with Crippen molar-refractivity contribution in [3.63, 3.8) is 0 Å². The largest absolute Gasteiger partial charge is 0.462 e. The van der Waals surface area contributed by atoms with E-state index in [0.717, 1.165) is 12.8 Å². The Bertz CT molecular complexity index is 407. The Labute approximate surface area is 115 Å². The molecule has 1 heterocycles. The fourth-order valence-corrected chi connectivity index (χ4v) is 1.96. The quantitative estimate of drug-likeness (QED) is 0.766. The average molecular weight is 264 g/mol. The highest BCUT2D eigenvalue weighted by Crippen LogP contribution is 2.17. The molecule has 0 amide bonds. The molecule has 106 valence electrons. The zero-order valence-corrected chi connectivity index (χ0v) is 12.3. The van der Waals surface area contributed by atoms with Crippen LogP contribution in [0.4, 0.5) is 5.82 Å². The molecular formula is C15H24N2O2. The first kappa shape index (κ1) is 15.5. The van der Waals surface area contributed by atoms with Crippen molar-refractivity contribution in [1.29, 1.82) is 0 Å². The van der Waals surface area contributed by atoms with Crippen LogP contribution in [0.25, 0.3) is 0 Å². The molecular weight excluding hydrogens is 240 g/mol. The van der Waals surface area contributed by atoms with E-state index in [-0.39, 0.29) is 12.0 Å². The molecule has 1 N–H and O–H groups in total. The Morgan fingerprint density at radius 3 is 2.79 bits per heavy atom. The van der Waals surface area contributed by atoms with E-state index in [9.17, 15) is 4.79 Å². The Morgan fingerprint density at radius 1 is 1.42 bits per heavy atom. The second kappa shape index (κ2) is 7.77. The highest BCUT2D eigenvalue weighted by Gasteiger charge is 2.15. The van der Waals surface area contributed by atoms with Gasteiger partial charge in [0.1, 0.15) is 11.4 Å². The van der Waals surface area contributed by atoms with Crippen molar-refractivity contribution in [2.24, 2.45) is 5.92 Å². The molecule has 1 rings (SSSR count). The van der Waals surface area contributed by atoms with Gasteiger partial charge in [0.25, 0.3) is 0 Å². The molecule has 0 aliphatic heterocycles. The zero-order chi connectivity index (χ0) is 14.3. The van der Waals surface area contributed by atoms with Crippen LogP contribution in [0.1, 0.15) is 50.9 Å². The number of esters is 1. The first-order chi connectivity index (χ1) is 9.08. The van der Waals surface area contributed by atoms with Crippen LogP contribution in [-0.2, 0) is 4.74 Å². The van der Waals surface area contributed by atoms with Crippen LogP contribution in [-0.4, -0.2) is 23.6 Å². The second-order valence-corrected chi connectivity index (χ2v) is 4.91. The van der Waals surface area contributed by atoms with Gasteiger partial charge in [-0.1, -0.05) is 20.3 Å². The van der Waals surface area contributed by atoms with Gasteiger partial charge in [-0.25, -0.2) is 9.78 Å². The lowest BCUT2D eigenvalue weighted by Crippen LogP contribution is -2.21. The highest BCUT2D eigenvalue weighted by atomic mass is 16.5. The molecule has 4 nitrogen and oxygen atoms in total. The molecule has 2 atom stereocenters. The summed E-state index contributed by atoms with van der Waals surface area (Å²) in [6.07, 6.45) is 3.88. The predicted octanol–water partition coefficient (Wildman–Crippen LogP) is 3.49. The van der Waals surface area contributed by atoms with Gasteiger partial charge in [-0.3, -0.25) is 0 Å². The van der Waals surface area contributed by atoms with Gasteiger partial charge in [-0.05, 0) is 38.3 Å². The van der Waals surface area contributed by atoms with E-state index in [0.29, 0.717) is 23.9 Å². The van der Waals surface area contributed by atoms with E-state index in [2.05, 4.69) is 31.1 Å². The van der Waals surface area contributed by atoms with E-state index >= 15 is 0 Å². The lowest BCUT2D eigenvalue weighted by atomic mass is 10.0. The van der Waals surface area contributed by atoms with Crippen LogP contribution in [0, 0.1) is 5.92 Å². The summed E-state index contributed by atoms with van der Waals surface area (Å²) in [5.41, 5.74) is 0.500. The molecule has 0 radical (unpaired) electrons. The van der Waals surface area contributed by atoms with Gasteiger partial charge in [0.2, 0.25) is 0 Å². The normalized spacial score (nSPS) is 13.7. The Hall–Kier alpha value is -1.58. The number of aromatic nitrogens is 1. The van der Waals surface area contributed by atoms with Crippen LogP contribution >= 0.6 is 0 Å². The fourth-order valence-electron chi connectivity index (χ4n) is 1.96.